The first-order valence-electron chi connectivity index (χ1n) is 7.83. The van der Waals surface area contributed by atoms with E-state index in [1.54, 1.807) is 0 Å². The van der Waals surface area contributed by atoms with E-state index in [9.17, 15) is 0 Å². The van der Waals surface area contributed by atoms with Crippen molar-refractivity contribution in [2.24, 2.45) is 23.2 Å². The van der Waals surface area contributed by atoms with Crippen molar-refractivity contribution in [3.05, 3.63) is 12.7 Å². The third-order valence-electron chi connectivity index (χ3n) is 5.82. The Morgan fingerprint density at radius 3 is 2.76 bits per heavy atom. The Labute approximate surface area is 108 Å². The topological polar surface area (TPSA) is 0 Å². The van der Waals surface area contributed by atoms with Crippen LogP contribution in [0.3, 0.4) is 0 Å². The van der Waals surface area contributed by atoms with Gasteiger partial charge in [0, 0.05) is 0 Å². The normalized spacial score (nSPS) is 41.9. The summed E-state index contributed by atoms with van der Waals surface area (Å²) in [6.45, 7) is 8.95. The van der Waals surface area contributed by atoms with Crippen molar-refractivity contribution >= 4 is 0 Å². The number of hydrogen-bond acceptors (Lipinski definition) is 0. The standard InChI is InChI=1S/C17H30/c1-4-8-14-10-6-7-13-17(3)15(9-5-2)11-12-16(14)17/h4,14-16H,1,5-13H2,2-3H3. The number of allylic oxidation sites excluding steroid dienone is 1. The van der Waals surface area contributed by atoms with Crippen molar-refractivity contribution in [1.29, 1.82) is 0 Å². The number of hydrogen-bond donors (Lipinski definition) is 0. The molecule has 2 saturated carbocycles. The highest BCUT2D eigenvalue weighted by molar-refractivity contribution is 4.99. The third kappa shape index (κ3) is 2.46. The van der Waals surface area contributed by atoms with Gasteiger partial charge < -0.3 is 0 Å². The van der Waals surface area contributed by atoms with Crippen molar-refractivity contribution < 1.29 is 0 Å². The summed E-state index contributed by atoms with van der Waals surface area (Å²) >= 11 is 0. The molecule has 2 fully saturated rings. The summed E-state index contributed by atoms with van der Waals surface area (Å²) in [5, 5.41) is 0. The highest BCUT2D eigenvalue weighted by Crippen LogP contribution is 2.58. The average Bonchev–Trinajstić information content (AvgIpc) is 2.53. The second-order valence-electron chi connectivity index (χ2n) is 6.71. The Bertz CT molecular complexity index is 255. The van der Waals surface area contributed by atoms with Gasteiger partial charge in [0.2, 0.25) is 0 Å². The molecule has 0 heteroatoms. The monoisotopic (exact) mass is 234 g/mol. The first kappa shape index (κ1) is 13.2. The van der Waals surface area contributed by atoms with E-state index in [-0.39, 0.29) is 0 Å². The lowest BCUT2D eigenvalue weighted by molar-refractivity contribution is 0.104. The molecule has 2 rings (SSSR count). The van der Waals surface area contributed by atoms with Crippen LogP contribution < -0.4 is 0 Å². The summed E-state index contributed by atoms with van der Waals surface area (Å²) in [6.07, 6.45) is 15.2. The van der Waals surface area contributed by atoms with Gasteiger partial charge in [-0.3, -0.25) is 0 Å². The first-order valence-corrected chi connectivity index (χ1v) is 7.83. The third-order valence-corrected chi connectivity index (χ3v) is 5.82. The van der Waals surface area contributed by atoms with Crippen LogP contribution in [-0.4, -0.2) is 0 Å². The smallest absolute Gasteiger partial charge is 0.0266 e. The molecule has 0 aromatic carbocycles. The van der Waals surface area contributed by atoms with E-state index >= 15 is 0 Å². The summed E-state index contributed by atoms with van der Waals surface area (Å²) < 4.78 is 0. The Morgan fingerprint density at radius 1 is 1.24 bits per heavy atom. The summed E-state index contributed by atoms with van der Waals surface area (Å²) in [7, 11) is 0. The zero-order valence-electron chi connectivity index (χ0n) is 11.9. The first-order chi connectivity index (χ1) is 8.22. The minimum atomic E-state index is 0.667. The second-order valence-corrected chi connectivity index (χ2v) is 6.71. The van der Waals surface area contributed by atoms with Crippen LogP contribution in [0.5, 0.6) is 0 Å². The van der Waals surface area contributed by atoms with E-state index in [0.29, 0.717) is 5.41 Å². The van der Waals surface area contributed by atoms with Gasteiger partial charge in [0.05, 0.1) is 0 Å². The molecule has 2 aliphatic rings. The van der Waals surface area contributed by atoms with Gasteiger partial charge in [-0.05, 0) is 55.3 Å². The van der Waals surface area contributed by atoms with Crippen LogP contribution in [0.15, 0.2) is 12.7 Å². The van der Waals surface area contributed by atoms with E-state index in [4.69, 9.17) is 0 Å². The van der Waals surface area contributed by atoms with E-state index in [1.807, 2.05) is 0 Å². The maximum atomic E-state index is 3.98. The molecular weight excluding hydrogens is 204 g/mol. The maximum Gasteiger partial charge on any atom is -0.0266 e. The SMILES string of the molecule is C=CCC1CCCCC2(C)C(CCC)CCC12. The second kappa shape index (κ2) is 5.59. The minimum Gasteiger partial charge on any atom is -0.103 e. The zero-order chi connectivity index (χ0) is 12.3. The van der Waals surface area contributed by atoms with Crippen LogP contribution in [-0.2, 0) is 0 Å². The molecule has 4 atom stereocenters. The molecule has 0 spiro atoms. The molecule has 0 radical (unpaired) electrons. The highest BCUT2D eigenvalue weighted by atomic mass is 14.5. The van der Waals surface area contributed by atoms with Crippen molar-refractivity contribution in [2.75, 3.05) is 0 Å². The van der Waals surface area contributed by atoms with Crippen molar-refractivity contribution in [3.63, 3.8) is 0 Å². The minimum absolute atomic E-state index is 0.667. The molecule has 0 aromatic heterocycles. The number of rotatable bonds is 4. The summed E-state index contributed by atoms with van der Waals surface area (Å²) in [4.78, 5) is 0. The van der Waals surface area contributed by atoms with Gasteiger partial charge in [-0.1, -0.05) is 45.6 Å². The van der Waals surface area contributed by atoms with Crippen LogP contribution in [0.1, 0.15) is 71.6 Å². The zero-order valence-corrected chi connectivity index (χ0v) is 11.9. The van der Waals surface area contributed by atoms with Gasteiger partial charge in [0.1, 0.15) is 0 Å². The quantitative estimate of drug-likeness (QED) is 0.557. The van der Waals surface area contributed by atoms with E-state index in [2.05, 4.69) is 26.5 Å². The van der Waals surface area contributed by atoms with Crippen LogP contribution in [0.4, 0.5) is 0 Å². The van der Waals surface area contributed by atoms with Crippen LogP contribution in [0.2, 0.25) is 0 Å². The molecule has 2 aliphatic carbocycles. The van der Waals surface area contributed by atoms with E-state index in [1.165, 1.54) is 57.8 Å². The van der Waals surface area contributed by atoms with E-state index < -0.39 is 0 Å². The molecule has 0 bridgehead atoms. The average molecular weight is 234 g/mol. The van der Waals surface area contributed by atoms with Gasteiger partial charge in [-0.15, -0.1) is 6.58 Å². The summed E-state index contributed by atoms with van der Waals surface area (Å²) in [6, 6.07) is 0. The van der Waals surface area contributed by atoms with Crippen molar-refractivity contribution in [3.8, 4) is 0 Å². The molecule has 98 valence electrons. The molecule has 0 aliphatic heterocycles. The highest BCUT2D eigenvalue weighted by Gasteiger charge is 2.48. The van der Waals surface area contributed by atoms with Gasteiger partial charge in [-0.2, -0.15) is 0 Å². The van der Waals surface area contributed by atoms with Crippen molar-refractivity contribution in [2.45, 2.75) is 71.6 Å². The maximum absolute atomic E-state index is 3.98. The molecule has 4 unspecified atom stereocenters. The molecular formula is C17H30. The fourth-order valence-electron chi connectivity index (χ4n) is 4.94. The largest absolute Gasteiger partial charge is 0.103 e. The Kier molecular flexibility index (Phi) is 4.33. The summed E-state index contributed by atoms with van der Waals surface area (Å²) in [5.74, 6) is 2.96. The molecule has 0 amide bonds. The fourth-order valence-corrected chi connectivity index (χ4v) is 4.94. The Hall–Kier alpha value is -0.260. The summed E-state index contributed by atoms with van der Waals surface area (Å²) in [5.41, 5.74) is 0.667. The van der Waals surface area contributed by atoms with Crippen LogP contribution >= 0.6 is 0 Å². The van der Waals surface area contributed by atoms with Gasteiger partial charge in [0.25, 0.3) is 0 Å². The lowest BCUT2D eigenvalue weighted by Crippen LogP contribution is -2.31. The van der Waals surface area contributed by atoms with Gasteiger partial charge in [0.15, 0.2) is 0 Å². The molecule has 17 heavy (non-hydrogen) atoms. The fraction of sp³-hybridized carbons (Fsp3) is 0.882. The van der Waals surface area contributed by atoms with Crippen molar-refractivity contribution in [1.82, 2.24) is 0 Å². The lowest BCUT2D eigenvalue weighted by atomic mass is 9.66. The predicted octanol–water partition coefficient (Wildman–Crippen LogP) is 5.59. The van der Waals surface area contributed by atoms with Gasteiger partial charge >= 0.3 is 0 Å². The molecule has 0 aromatic rings. The van der Waals surface area contributed by atoms with E-state index in [0.717, 1.165) is 17.8 Å². The lowest BCUT2D eigenvalue weighted by Gasteiger charge is -2.39. The Balaban J connectivity index is 2.15. The molecule has 0 saturated heterocycles. The molecule has 0 N–H and O–H groups in total. The number of fused-ring (bicyclic) bond motifs is 1. The Morgan fingerprint density at radius 2 is 2.06 bits per heavy atom. The molecule has 0 nitrogen and oxygen atoms in total. The van der Waals surface area contributed by atoms with Gasteiger partial charge in [-0.25, -0.2) is 0 Å². The predicted molar refractivity (Wildman–Crippen MR) is 76.0 cm³/mol. The van der Waals surface area contributed by atoms with Crippen LogP contribution in [0, 0.1) is 23.2 Å². The molecule has 0 heterocycles. The van der Waals surface area contributed by atoms with Crippen LogP contribution in [0.25, 0.3) is 0 Å².